The van der Waals surface area contributed by atoms with Gasteiger partial charge in [-0.05, 0) is 56.3 Å². The van der Waals surface area contributed by atoms with E-state index in [1.54, 1.807) is 31.5 Å². The van der Waals surface area contributed by atoms with Crippen LogP contribution in [0.25, 0.3) is 5.69 Å². The number of aromatic nitrogens is 1. The molecule has 3 rings (SSSR count). The van der Waals surface area contributed by atoms with Gasteiger partial charge in [-0.15, -0.1) is 0 Å². The third-order valence-corrected chi connectivity index (χ3v) is 4.03. The van der Waals surface area contributed by atoms with Crippen molar-refractivity contribution in [3.63, 3.8) is 0 Å². The molecule has 1 N–H and O–H groups in total. The predicted octanol–water partition coefficient (Wildman–Crippen LogP) is 4.56. The van der Waals surface area contributed by atoms with Crippen LogP contribution in [0.5, 0.6) is 11.5 Å². The molecule has 0 bridgehead atoms. The topological polar surface area (TPSA) is 46.8 Å². The van der Waals surface area contributed by atoms with Gasteiger partial charge < -0.3 is 14.4 Å². The first-order valence-corrected chi connectivity index (χ1v) is 7.75. The van der Waals surface area contributed by atoms with E-state index in [4.69, 9.17) is 4.74 Å². The summed E-state index contributed by atoms with van der Waals surface area (Å²) in [5.41, 5.74) is 4.87. The van der Waals surface area contributed by atoms with Crippen LogP contribution in [0.3, 0.4) is 0 Å². The Bertz CT molecular complexity index is 877. The van der Waals surface area contributed by atoms with Crippen LogP contribution in [0, 0.1) is 13.8 Å². The molecule has 0 aliphatic carbocycles. The van der Waals surface area contributed by atoms with Crippen LogP contribution in [-0.4, -0.2) is 23.0 Å². The number of hydrogen-bond donors (Lipinski definition) is 1. The van der Waals surface area contributed by atoms with Gasteiger partial charge in [0.1, 0.15) is 17.2 Å². The number of benzene rings is 2. The zero-order valence-electron chi connectivity index (χ0n) is 14.0. The second-order valence-electron chi connectivity index (χ2n) is 5.61. The number of aryl methyl sites for hydroxylation is 1. The molecule has 2 aromatic carbocycles. The van der Waals surface area contributed by atoms with Crippen LogP contribution < -0.4 is 4.74 Å². The van der Waals surface area contributed by atoms with Crippen LogP contribution in [0.2, 0.25) is 0 Å². The molecule has 0 spiro atoms. The third kappa shape index (κ3) is 3.04. The highest BCUT2D eigenvalue weighted by molar-refractivity contribution is 5.84. The van der Waals surface area contributed by atoms with Crippen molar-refractivity contribution in [3.8, 4) is 17.2 Å². The summed E-state index contributed by atoms with van der Waals surface area (Å²) in [5.74, 6) is 1.01. The SMILES string of the molecule is COc1ccc(-n2c(C)cc(C=Nc3ccccc3O)c2C)cc1. The third-order valence-electron chi connectivity index (χ3n) is 4.03. The lowest BCUT2D eigenvalue weighted by Crippen LogP contribution is -1.99. The normalized spacial score (nSPS) is 11.1. The number of nitrogens with zero attached hydrogens (tertiary/aromatic N) is 2. The summed E-state index contributed by atoms with van der Waals surface area (Å²) >= 11 is 0. The van der Waals surface area contributed by atoms with E-state index in [1.807, 2.05) is 30.3 Å². The van der Waals surface area contributed by atoms with Crippen molar-refractivity contribution in [3.05, 3.63) is 71.5 Å². The fourth-order valence-electron chi connectivity index (χ4n) is 2.76. The highest BCUT2D eigenvalue weighted by Gasteiger charge is 2.09. The van der Waals surface area contributed by atoms with Crippen molar-refractivity contribution < 1.29 is 9.84 Å². The van der Waals surface area contributed by atoms with Gasteiger partial charge in [-0.1, -0.05) is 12.1 Å². The smallest absolute Gasteiger partial charge is 0.141 e. The molecule has 0 aliphatic rings. The average molecular weight is 320 g/mol. The van der Waals surface area contributed by atoms with Gasteiger partial charge in [-0.2, -0.15) is 0 Å². The summed E-state index contributed by atoms with van der Waals surface area (Å²) in [5, 5.41) is 9.81. The second kappa shape index (κ2) is 6.62. The van der Waals surface area contributed by atoms with E-state index < -0.39 is 0 Å². The zero-order chi connectivity index (χ0) is 17.1. The van der Waals surface area contributed by atoms with Gasteiger partial charge in [0.2, 0.25) is 0 Å². The quantitative estimate of drug-likeness (QED) is 0.716. The molecule has 3 aromatic rings. The standard InChI is InChI=1S/C20H20N2O2/c1-14-12-16(13-21-19-6-4-5-7-20(19)23)15(2)22(14)17-8-10-18(24-3)11-9-17/h4-13,23H,1-3H3. The summed E-state index contributed by atoms with van der Waals surface area (Å²) in [6.45, 7) is 4.12. The number of hydrogen-bond acceptors (Lipinski definition) is 3. The Hall–Kier alpha value is -3.01. The summed E-state index contributed by atoms with van der Waals surface area (Å²) in [4.78, 5) is 4.40. The van der Waals surface area contributed by atoms with Gasteiger partial charge >= 0.3 is 0 Å². The highest BCUT2D eigenvalue weighted by Crippen LogP contribution is 2.26. The molecule has 0 atom stereocenters. The van der Waals surface area contributed by atoms with Crippen LogP contribution >= 0.6 is 0 Å². The lowest BCUT2D eigenvalue weighted by atomic mass is 10.2. The molecule has 0 saturated carbocycles. The Balaban J connectivity index is 1.95. The van der Waals surface area contributed by atoms with Gasteiger partial charge in [-0.3, -0.25) is 4.99 Å². The van der Waals surface area contributed by atoms with Crippen LogP contribution in [0.4, 0.5) is 5.69 Å². The maximum absolute atomic E-state index is 9.81. The van der Waals surface area contributed by atoms with Gasteiger partial charge in [0.25, 0.3) is 0 Å². The second-order valence-corrected chi connectivity index (χ2v) is 5.61. The fraction of sp³-hybridized carbons (Fsp3) is 0.150. The van der Waals surface area contributed by atoms with E-state index in [0.29, 0.717) is 5.69 Å². The number of para-hydroxylation sites is 2. The number of rotatable bonds is 4. The molecule has 0 saturated heterocycles. The molecule has 122 valence electrons. The molecule has 0 radical (unpaired) electrons. The van der Waals surface area contributed by atoms with Gasteiger partial charge in [0.15, 0.2) is 0 Å². The van der Waals surface area contributed by atoms with Gasteiger partial charge in [0.05, 0.1) is 7.11 Å². The summed E-state index contributed by atoms with van der Waals surface area (Å²) in [6.07, 6.45) is 1.79. The Labute approximate surface area is 141 Å². The first-order valence-electron chi connectivity index (χ1n) is 7.75. The molecule has 0 aliphatic heterocycles. The van der Waals surface area contributed by atoms with Gasteiger partial charge in [0, 0.05) is 28.9 Å². The molecule has 1 aromatic heterocycles. The van der Waals surface area contributed by atoms with Crippen molar-refractivity contribution >= 4 is 11.9 Å². The Morgan fingerprint density at radius 3 is 2.42 bits per heavy atom. The lowest BCUT2D eigenvalue weighted by molar-refractivity contribution is 0.414. The van der Waals surface area contributed by atoms with E-state index in [1.165, 1.54) is 0 Å². The largest absolute Gasteiger partial charge is 0.506 e. The maximum Gasteiger partial charge on any atom is 0.141 e. The monoisotopic (exact) mass is 320 g/mol. The van der Waals surface area contributed by atoms with Crippen molar-refractivity contribution in [2.24, 2.45) is 4.99 Å². The van der Waals surface area contributed by atoms with Crippen LogP contribution in [0.1, 0.15) is 17.0 Å². The molecule has 4 nitrogen and oxygen atoms in total. The van der Waals surface area contributed by atoms with Crippen molar-refractivity contribution in [2.45, 2.75) is 13.8 Å². The Kier molecular flexibility index (Phi) is 4.38. The van der Waals surface area contributed by atoms with E-state index in [-0.39, 0.29) is 5.75 Å². The van der Waals surface area contributed by atoms with Gasteiger partial charge in [-0.25, -0.2) is 0 Å². The average Bonchev–Trinajstić information content (AvgIpc) is 2.88. The molecule has 1 heterocycles. The molecule has 0 fully saturated rings. The highest BCUT2D eigenvalue weighted by atomic mass is 16.5. The maximum atomic E-state index is 9.81. The minimum Gasteiger partial charge on any atom is -0.506 e. The molecular formula is C20H20N2O2. The zero-order valence-corrected chi connectivity index (χ0v) is 14.0. The first-order chi connectivity index (χ1) is 11.6. The molecule has 0 amide bonds. The fourth-order valence-corrected chi connectivity index (χ4v) is 2.76. The van der Waals surface area contributed by atoms with Crippen LogP contribution in [-0.2, 0) is 0 Å². The Morgan fingerprint density at radius 2 is 1.75 bits per heavy atom. The Morgan fingerprint density at radius 1 is 1.04 bits per heavy atom. The van der Waals surface area contributed by atoms with E-state index >= 15 is 0 Å². The van der Waals surface area contributed by atoms with Crippen molar-refractivity contribution in [1.82, 2.24) is 4.57 Å². The summed E-state index contributed by atoms with van der Waals surface area (Å²) in [7, 11) is 1.66. The molecular weight excluding hydrogens is 300 g/mol. The summed E-state index contributed by atoms with van der Waals surface area (Å²) < 4.78 is 7.39. The minimum atomic E-state index is 0.178. The molecule has 0 unspecified atom stereocenters. The molecule has 24 heavy (non-hydrogen) atoms. The first kappa shape index (κ1) is 15.9. The number of phenols is 1. The predicted molar refractivity (Wildman–Crippen MR) is 97.2 cm³/mol. The molecule has 4 heteroatoms. The number of aliphatic imine (C=N–C) groups is 1. The van der Waals surface area contributed by atoms with E-state index in [2.05, 4.69) is 29.5 Å². The lowest BCUT2D eigenvalue weighted by Gasteiger charge is -2.10. The van der Waals surface area contributed by atoms with E-state index in [0.717, 1.165) is 28.4 Å². The summed E-state index contributed by atoms with van der Waals surface area (Å²) in [6, 6.07) is 17.1. The number of aromatic hydroxyl groups is 1. The van der Waals surface area contributed by atoms with E-state index in [9.17, 15) is 5.11 Å². The number of methoxy groups -OCH3 is 1. The van der Waals surface area contributed by atoms with Crippen molar-refractivity contribution in [1.29, 1.82) is 0 Å². The van der Waals surface area contributed by atoms with Crippen molar-refractivity contribution in [2.75, 3.05) is 7.11 Å². The number of phenolic OH excluding ortho intramolecular Hbond substituents is 1. The van der Waals surface area contributed by atoms with Crippen LogP contribution in [0.15, 0.2) is 59.6 Å². The number of ether oxygens (including phenoxy) is 1. The minimum absolute atomic E-state index is 0.178.